The molecule has 0 aromatic heterocycles. The number of carbonyl (C=O) groups excluding carboxylic acids is 1. The van der Waals surface area contributed by atoms with E-state index in [2.05, 4.69) is 45.9 Å². The van der Waals surface area contributed by atoms with E-state index in [4.69, 9.17) is 4.74 Å². The number of amides is 1. The number of hydrogen-bond acceptors (Lipinski definition) is 4. The molecule has 3 fully saturated rings. The highest BCUT2D eigenvalue weighted by Crippen LogP contribution is 2.43. The Hall–Kier alpha value is -2.42. The molecule has 5 nitrogen and oxygen atoms in total. The summed E-state index contributed by atoms with van der Waals surface area (Å²) in [7, 11) is 0. The number of nitrogens with one attached hydrogen (secondary N) is 2. The maximum Gasteiger partial charge on any atom is 0.416 e. The zero-order valence-electron chi connectivity index (χ0n) is 19.7. The molecule has 35 heavy (non-hydrogen) atoms. The third-order valence-corrected chi connectivity index (χ3v) is 7.56. The normalized spacial score (nSPS) is 26.1. The highest BCUT2D eigenvalue weighted by Gasteiger charge is 2.46. The summed E-state index contributed by atoms with van der Waals surface area (Å²) in [6.07, 6.45) is -0.432. The van der Waals surface area contributed by atoms with Crippen molar-refractivity contribution in [2.75, 3.05) is 26.2 Å². The Balaban J connectivity index is 1.03. The van der Waals surface area contributed by atoms with E-state index in [-0.39, 0.29) is 24.6 Å². The van der Waals surface area contributed by atoms with Gasteiger partial charge in [-0.1, -0.05) is 42.5 Å². The quantitative estimate of drug-likeness (QED) is 0.618. The van der Waals surface area contributed by atoms with Crippen LogP contribution in [0.1, 0.15) is 48.3 Å². The lowest BCUT2D eigenvalue weighted by Crippen LogP contribution is -2.47. The van der Waals surface area contributed by atoms with Crippen molar-refractivity contribution in [2.45, 2.75) is 62.0 Å². The van der Waals surface area contributed by atoms with Crippen molar-refractivity contribution >= 4 is 5.91 Å². The van der Waals surface area contributed by atoms with Gasteiger partial charge in [0.05, 0.1) is 24.3 Å². The van der Waals surface area contributed by atoms with E-state index in [1.807, 2.05) is 0 Å². The Bertz CT molecular complexity index is 1020. The Morgan fingerprint density at radius 1 is 1.09 bits per heavy atom. The molecule has 1 saturated carbocycles. The molecule has 5 rings (SSSR count). The highest BCUT2D eigenvalue weighted by molar-refractivity contribution is 5.78. The van der Waals surface area contributed by atoms with E-state index < -0.39 is 11.7 Å². The zero-order valence-corrected chi connectivity index (χ0v) is 19.7. The van der Waals surface area contributed by atoms with Crippen LogP contribution in [0.25, 0.3) is 0 Å². The lowest BCUT2D eigenvalue weighted by atomic mass is 9.87. The fourth-order valence-electron chi connectivity index (χ4n) is 5.49. The molecule has 2 aromatic carbocycles. The number of piperidine rings is 1. The van der Waals surface area contributed by atoms with Crippen molar-refractivity contribution in [1.82, 2.24) is 15.5 Å². The number of hydrogen-bond donors (Lipinski definition) is 2. The van der Waals surface area contributed by atoms with Crippen LogP contribution in [0.4, 0.5) is 13.2 Å². The van der Waals surface area contributed by atoms with Crippen molar-refractivity contribution in [3.8, 4) is 0 Å². The van der Waals surface area contributed by atoms with Crippen molar-refractivity contribution in [3.05, 3.63) is 71.3 Å². The number of benzene rings is 2. The standard InChI is InChI=1S/C27H32F3N3O2/c28-27(29,30)21-8-4-5-19(13-21)16-31-25(34)17-33-11-9-26(10-12-33)15-22(18-35-26)32-24-14-23(24)20-6-2-1-3-7-20/h1-8,13,22-24,32H,9-12,14-18H2,(H,31,34). The fraction of sp³-hybridized carbons (Fsp3) is 0.519. The van der Waals surface area contributed by atoms with Crippen LogP contribution in [0.15, 0.2) is 54.6 Å². The average molecular weight is 488 g/mol. The van der Waals surface area contributed by atoms with Crippen LogP contribution in [0, 0.1) is 0 Å². The van der Waals surface area contributed by atoms with Crippen LogP contribution in [0.3, 0.4) is 0 Å². The van der Waals surface area contributed by atoms with Crippen molar-refractivity contribution < 1.29 is 22.7 Å². The highest BCUT2D eigenvalue weighted by atomic mass is 19.4. The van der Waals surface area contributed by atoms with Gasteiger partial charge in [0.1, 0.15) is 0 Å². The summed E-state index contributed by atoms with van der Waals surface area (Å²) in [6, 6.07) is 16.6. The molecule has 1 spiro atoms. The van der Waals surface area contributed by atoms with Gasteiger partial charge in [0.15, 0.2) is 0 Å². The van der Waals surface area contributed by atoms with Gasteiger partial charge in [0.25, 0.3) is 0 Å². The summed E-state index contributed by atoms with van der Waals surface area (Å²) < 4.78 is 44.9. The van der Waals surface area contributed by atoms with Gasteiger partial charge in [0, 0.05) is 37.6 Å². The summed E-state index contributed by atoms with van der Waals surface area (Å²) >= 11 is 0. The molecule has 8 heteroatoms. The van der Waals surface area contributed by atoms with Gasteiger partial charge in [-0.25, -0.2) is 0 Å². The smallest absolute Gasteiger partial charge is 0.373 e. The predicted octanol–water partition coefficient (Wildman–Crippen LogP) is 4.09. The Morgan fingerprint density at radius 2 is 1.86 bits per heavy atom. The van der Waals surface area contributed by atoms with Crippen molar-refractivity contribution in [2.24, 2.45) is 0 Å². The van der Waals surface area contributed by atoms with Crippen LogP contribution in [-0.2, 0) is 22.3 Å². The number of halogens is 3. The van der Waals surface area contributed by atoms with E-state index in [0.29, 0.717) is 23.6 Å². The van der Waals surface area contributed by atoms with Crippen molar-refractivity contribution in [3.63, 3.8) is 0 Å². The molecule has 3 aliphatic rings. The van der Waals surface area contributed by atoms with Crippen LogP contribution in [0.2, 0.25) is 0 Å². The maximum atomic E-state index is 12.9. The molecule has 2 aromatic rings. The molecule has 2 aliphatic heterocycles. The van der Waals surface area contributed by atoms with Gasteiger partial charge in [-0.3, -0.25) is 9.69 Å². The molecule has 1 aliphatic carbocycles. The second-order valence-corrected chi connectivity index (χ2v) is 10.2. The first-order valence-corrected chi connectivity index (χ1v) is 12.4. The summed E-state index contributed by atoms with van der Waals surface area (Å²) in [4.78, 5) is 14.5. The van der Waals surface area contributed by atoms with Gasteiger partial charge in [-0.05, 0) is 48.9 Å². The van der Waals surface area contributed by atoms with E-state index >= 15 is 0 Å². The summed E-state index contributed by atoms with van der Waals surface area (Å²) in [5, 5.41) is 6.54. The molecular formula is C27H32F3N3O2. The molecule has 0 bridgehead atoms. The molecule has 2 saturated heterocycles. The zero-order chi connectivity index (χ0) is 24.5. The van der Waals surface area contributed by atoms with E-state index in [9.17, 15) is 18.0 Å². The van der Waals surface area contributed by atoms with Crippen LogP contribution < -0.4 is 10.6 Å². The summed E-state index contributed by atoms with van der Waals surface area (Å²) in [5.41, 5.74) is 1.03. The van der Waals surface area contributed by atoms with Gasteiger partial charge < -0.3 is 15.4 Å². The first kappa shape index (κ1) is 24.3. The van der Waals surface area contributed by atoms with Gasteiger partial charge in [0.2, 0.25) is 5.91 Å². The molecule has 2 N–H and O–H groups in total. The third-order valence-electron chi connectivity index (χ3n) is 7.56. The van der Waals surface area contributed by atoms with Crippen LogP contribution >= 0.6 is 0 Å². The minimum absolute atomic E-state index is 0.0854. The Morgan fingerprint density at radius 3 is 2.60 bits per heavy atom. The fourth-order valence-corrected chi connectivity index (χ4v) is 5.49. The lowest BCUT2D eigenvalue weighted by Gasteiger charge is -2.38. The molecule has 3 unspecified atom stereocenters. The van der Waals surface area contributed by atoms with Crippen LogP contribution in [0.5, 0.6) is 0 Å². The predicted molar refractivity (Wildman–Crippen MR) is 127 cm³/mol. The molecular weight excluding hydrogens is 455 g/mol. The number of likely N-dealkylation sites (tertiary alicyclic amines) is 1. The first-order chi connectivity index (χ1) is 16.8. The van der Waals surface area contributed by atoms with Crippen LogP contribution in [-0.4, -0.2) is 54.7 Å². The maximum absolute atomic E-state index is 12.9. The number of alkyl halides is 3. The molecule has 0 radical (unpaired) electrons. The van der Waals surface area contributed by atoms with Crippen molar-refractivity contribution in [1.29, 1.82) is 0 Å². The number of nitrogens with zero attached hydrogens (tertiary/aromatic N) is 1. The van der Waals surface area contributed by atoms with E-state index in [0.717, 1.165) is 51.1 Å². The number of rotatable bonds is 7. The van der Waals surface area contributed by atoms with Gasteiger partial charge >= 0.3 is 6.18 Å². The molecule has 2 heterocycles. The monoisotopic (exact) mass is 487 g/mol. The third kappa shape index (κ3) is 6.05. The van der Waals surface area contributed by atoms with E-state index in [1.165, 1.54) is 18.1 Å². The Kier molecular flexibility index (Phi) is 6.88. The van der Waals surface area contributed by atoms with E-state index in [1.54, 1.807) is 6.07 Å². The average Bonchev–Trinajstić information content (AvgIpc) is 3.51. The minimum Gasteiger partial charge on any atom is -0.373 e. The van der Waals surface area contributed by atoms with Gasteiger partial charge in [-0.2, -0.15) is 13.2 Å². The SMILES string of the molecule is O=C(CN1CCC2(CC1)CC(NC1CC1c1ccccc1)CO2)NCc1cccc(C(F)(F)F)c1. The summed E-state index contributed by atoms with van der Waals surface area (Å²) in [5.74, 6) is 0.426. The van der Waals surface area contributed by atoms with Gasteiger partial charge in [-0.15, -0.1) is 0 Å². The molecule has 188 valence electrons. The number of ether oxygens (including phenoxy) is 1. The molecule has 3 atom stereocenters. The summed E-state index contributed by atoms with van der Waals surface area (Å²) in [6.45, 7) is 2.62. The minimum atomic E-state index is -4.39. The Labute approximate surface area is 204 Å². The molecule has 1 amide bonds. The lowest BCUT2D eigenvalue weighted by molar-refractivity contribution is -0.137. The largest absolute Gasteiger partial charge is 0.416 e. The number of carbonyl (C=O) groups is 1. The second-order valence-electron chi connectivity index (χ2n) is 10.2. The topological polar surface area (TPSA) is 53.6 Å². The second kappa shape index (κ2) is 9.91. The first-order valence-electron chi connectivity index (χ1n) is 12.4.